The van der Waals surface area contributed by atoms with E-state index in [2.05, 4.69) is 67.1 Å². The van der Waals surface area contributed by atoms with Crippen LogP contribution in [0.4, 0.5) is 0 Å². The van der Waals surface area contributed by atoms with E-state index in [4.69, 9.17) is 4.98 Å². The maximum atomic E-state index is 4.75. The van der Waals surface area contributed by atoms with Crippen molar-refractivity contribution < 1.29 is 0 Å². The minimum absolute atomic E-state index is 0.333. The van der Waals surface area contributed by atoms with Crippen molar-refractivity contribution in [2.24, 2.45) is 0 Å². The Morgan fingerprint density at radius 3 is 2.62 bits per heavy atom. The van der Waals surface area contributed by atoms with Gasteiger partial charge >= 0.3 is 0 Å². The highest BCUT2D eigenvalue weighted by molar-refractivity contribution is 5.80. The normalized spacial score (nSPS) is 12.8. The summed E-state index contributed by atoms with van der Waals surface area (Å²) in [6.45, 7) is 6.63. The average Bonchev–Trinajstić information content (AvgIpc) is 2.67. The molecule has 0 radical (unpaired) electrons. The number of hydrogen-bond acceptors (Lipinski definition) is 3. The van der Waals surface area contributed by atoms with E-state index in [-0.39, 0.29) is 0 Å². The van der Waals surface area contributed by atoms with Crippen LogP contribution in [0.15, 0.2) is 60.9 Å². The molecular formula is C23H23N3. The van der Waals surface area contributed by atoms with Gasteiger partial charge in [-0.1, -0.05) is 26.8 Å². The van der Waals surface area contributed by atoms with Crippen LogP contribution >= 0.6 is 0 Å². The zero-order valence-corrected chi connectivity index (χ0v) is 15.5. The molecule has 130 valence electrons. The van der Waals surface area contributed by atoms with Gasteiger partial charge in [-0.2, -0.15) is 0 Å². The first-order valence-electron chi connectivity index (χ1n) is 9.20. The summed E-state index contributed by atoms with van der Waals surface area (Å²) in [6.07, 6.45) is 4.74. The van der Waals surface area contributed by atoms with E-state index >= 15 is 0 Å². The maximum absolute atomic E-state index is 4.75. The Labute approximate surface area is 154 Å². The lowest BCUT2D eigenvalue weighted by Crippen LogP contribution is -2.02. The molecule has 1 aromatic carbocycles. The highest BCUT2D eigenvalue weighted by atomic mass is 14.8. The Morgan fingerprint density at radius 2 is 1.77 bits per heavy atom. The predicted octanol–water partition coefficient (Wildman–Crippen LogP) is 5.65. The predicted molar refractivity (Wildman–Crippen MR) is 107 cm³/mol. The van der Waals surface area contributed by atoms with Crippen molar-refractivity contribution in [1.29, 1.82) is 0 Å². The second-order valence-corrected chi connectivity index (χ2v) is 7.34. The number of aromatic nitrogens is 3. The highest BCUT2D eigenvalue weighted by Gasteiger charge is 2.11. The fourth-order valence-corrected chi connectivity index (χ4v) is 3.34. The standard InChI is InChI=1S/C23H23N3/c1-15(2)20-13-19-12-17(6-8-22(19)25-14-20)11-16(3)21-9-7-18-5-4-10-24-23(18)26-21/h4-10,12-16H,11H2,1-3H3/t16-/m0/s1. The highest BCUT2D eigenvalue weighted by Crippen LogP contribution is 2.24. The van der Waals surface area contributed by atoms with E-state index in [1.54, 1.807) is 6.20 Å². The number of fused-ring (bicyclic) bond motifs is 2. The third kappa shape index (κ3) is 3.30. The molecule has 4 rings (SSSR count). The lowest BCUT2D eigenvalue weighted by atomic mass is 9.95. The van der Waals surface area contributed by atoms with Gasteiger partial charge in [0.15, 0.2) is 5.65 Å². The number of nitrogens with zero attached hydrogens (tertiary/aromatic N) is 3. The Bertz CT molecular complexity index is 1070. The topological polar surface area (TPSA) is 38.7 Å². The van der Waals surface area contributed by atoms with Gasteiger partial charge in [-0.05, 0) is 65.9 Å². The average molecular weight is 341 g/mol. The number of pyridine rings is 3. The number of hydrogen-bond donors (Lipinski definition) is 0. The summed E-state index contributed by atoms with van der Waals surface area (Å²) in [6, 6.07) is 17.1. The molecule has 26 heavy (non-hydrogen) atoms. The smallest absolute Gasteiger partial charge is 0.159 e. The van der Waals surface area contributed by atoms with Crippen molar-refractivity contribution in [3.63, 3.8) is 0 Å². The number of benzene rings is 1. The maximum Gasteiger partial charge on any atom is 0.159 e. The van der Waals surface area contributed by atoms with Gasteiger partial charge in [-0.3, -0.25) is 4.98 Å². The third-order valence-corrected chi connectivity index (χ3v) is 4.97. The number of rotatable bonds is 4. The molecule has 0 aliphatic rings. The van der Waals surface area contributed by atoms with E-state index in [0.717, 1.165) is 28.7 Å². The molecular weight excluding hydrogens is 318 g/mol. The molecule has 0 fully saturated rings. The van der Waals surface area contributed by atoms with Crippen LogP contribution < -0.4 is 0 Å². The molecule has 3 heteroatoms. The van der Waals surface area contributed by atoms with Crippen molar-refractivity contribution in [2.45, 2.75) is 39.0 Å². The van der Waals surface area contributed by atoms with Crippen LogP contribution in [0.3, 0.4) is 0 Å². The summed E-state index contributed by atoms with van der Waals surface area (Å²) < 4.78 is 0. The molecule has 3 nitrogen and oxygen atoms in total. The van der Waals surface area contributed by atoms with Gasteiger partial charge in [-0.15, -0.1) is 0 Å². The summed E-state index contributed by atoms with van der Waals surface area (Å²) >= 11 is 0. The second-order valence-electron chi connectivity index (χ2n) is 7.34. The summed E-state index contributed by atoms with van der Waals surface area (Å²) in [7, 11) is 0. The molecule has 1 atom stereocenters. The summed E-state index contributed by atoms with van der Waals surface area (Å²) in [5.41, 5.74) is 5.56. The SMILES string of the molecule is CC(C)c1cnc2ccc(C[C@H](C)c3ccc4cccnc4n3)cc2c1. The van der Waals surface area contributed by atoms with E-state index in [0.29, 0.717) is 11.8 Å². The van der Waals surface area contributed by atoms with Crippen molar-refractivity contribution in [3.05, 3.63) is 77.7 Å². The Morgan fingerprint density at radius 1 is 0.885 bits per heavy atom. The Balaban J connectivity index is 1.62. The lowest BCUT2D eigenvalue weighted by molar-refractivity contribution is 0.734. The van der Waals surface area contributed by atoms with Crippen molar-refractivity contribution in [1.82, 2.24) is 15.0 Å². The zero-order valence-electron chi connectivity index (χ0n) is 15.5. The summed E-state index contributed by atoms with van der Waals surface area (Å²) in [5.74, 6) is 0.823. The van der Waals surface area contributed by atoms with E-state index in [1.807, 2.05) is 18.3 Å². The Hall–Kier alpha value is -2.81. The van der Waals surface area contributed by atoms with Crippen LogP contribution in [0.5, 0.6) is 0 Å². The minimum atomic E-state index is 0.333. The summed E-state index contributed by atoms with van der Waals surface area (Å²) in [4.78, 5) is 13.7. The van der Waals surface area contributed by atoms with E-state index in [1.165, 1.54) is 16.5 Å². The van der Waals surface area contributed by atoms with Gasteiger partial charge in [0.2, 0.25) is 0 Å². The van der Waals surface area contributed by atoms with Crippen molar-refractivity contribution in [2.75, 3.05) is 0 Å². The Kier molecular flexibility index (Phi) is 4.37. The molecule has 0 amide bonds. The van der Waals surface area contributed by atoms with Crippen LogP contribution in [-0.2, 0) is 6.42 Å². The largest absolute Gasteiger partial charge is 0.256 e. The molecule has 3 heterocycles. The quantitative estimate of drug-likeness (QED) is 0.481. The first-order valence-corrected chi connectivity index (χ1v) is 9.20. The fourth-order valence-electron chi connectivity index (χ4n) is 3.34. The first-order chi connectivity index (χ1) is 12.6. The fraction of sp³-hybridized carbons (Fsp3) is 0.261. The molecule has 0 N–H and O–H groups in total. The first kappa shape index (κ1) is 16.6. The van der Waals surface area contributed by atoms with Crippen LogP contribution in [0.2, 0.25) is 0 Å². The van der Waals surface area contributed by atoms with Crippen LogP contribution in [0, 0.1) is 0 Å². The second kappa shape index (κ2) is 6.83. The van der Waals surface area contributed by atoms with Gasteiger partial charge < -0.3 is 0 Å². The molecule has 3 aromatic heterocycles. The van der Waals surface area contributed by atoms with E-state index < -0.39 is 0 Å². The molecule has 0 saturated heterocycles. The van der Waals surface area contributed by atoms with Crippen LogP contribution in [0.1, 0.15) is 49.4 Å². The molecule has 4 aromatic rings. The molecule has 0 spiro atoms. The van der Waals surface area contributed by atoms with E-state index in [9.17, 15) is 0 Å². The molecule has 0 unspecified atom stereocenters. The molecule has 0 aliphatic carbocycles. The molecule has 0 aliphatic heterocycles. The lowest BCUT2D eigenvalue weighted by Gasteiger charge is -2.13. The van der Waals surface area contributed by atoms with Gasteiger partial charge in [0.05, 0.1) is 5.52 Å². The van der Waals surface area contributed by atoms with Gasteiger partial charge in [0.1, 0.15) is 0 Å². The monoisotopic (exact) mass is 341 g/mol. The van der Waals surface area contributed by atoms with Crippen molar-refractivity contribution in [3.8, 4) is 0 Å². The van der Waals surface area contributed by atoms with Crippen LogP contribution in [-0.4, -0.2) is 15.0 Å². The summed E-state index contributed by atoms with van der Waals surface area (Å²) in [5, 5.41) is 2.30. The van der Waals surface area contributed by atoms with Gasteiger partial charge in [0, 0.05) is 34.8 Å². The van der Waals surface area contributed by atoms with Crippen LogP contribution in [0.25, 0.3) is 21.9 Å². The van der Waals surface area contributed by atoms with Gasteiger partial charge in [-0.25, -0.2) is 9.97 Å². The zero-order chi connectivity index (χ0) is 18.1. The molecule has 0 bridgehead atoms. The molecule has 0 saturated carbocycles. The third-order valence-electron chi connectivity index (χ3n) is 4.97. The van der Waals surface area contributed by atoms with Gasteiger partial charge in [0.25, 0.3) is 0 Å². The van der Waals surface area contributed by atoms with Crippen molar-refractivity contribution >= 4 is 21.9 Å². The minimum Gasteiger partial charge on any atom is -0.256 e.